The number of ether oxygens (including phenoxy) is 3. The number of piperidine rings is 1. The average molecular weight is 381 g/mol. The van der Waals surface area contributed by atoms with Gasteiger partial charge >= 0.3 is 0 Å². The summed E-state index contributed by atoms with van der Waals surface area (Å²) in [6.45, 7) is 5.86. The lowest BCUT2D eigenvalue weighted by atomic mass is 10.1. The van der Waals surface area contributed by atoms with E-state index in [0.29, 0.717) is 18.4 Å². The highest BCUT2D eigenvalue weighted by Gasteiger charge is 2.22. The molecule has 1 N–H and O–H groups in total. The van der Waals surface area contributed by atoms with Crippen molar-refractivity contribution in [2.45, 2.75) is 38.4 Å². The molecule has 0 aromatic heterocycles. The van der Waals surface area contributed by atoms with E-state index in [-0.39, 0.29) is 11.9 Å². The Labute approximate surface area is 161 Å². The molecule has 1 heterocycles. The van der Waals surface area contributed by atoms with Crippen LogP contribution in [-0.2, 0) is 9.47 Å². The first kappa shape index (κ1) is 21.4. The molecule has 2 rings (SSSR count). The minimum absolute atomic E-state index is 0.106. The molecule has 0 spiro atoms. The van der Waals surface area contributed by atoms with Crippen molar-refractivity contribution in [1.82, 2.24) is 10.2 Å². The van der Waals surface area contributed by atoms with Gasteiger partial charge in [-0.1, -0.05) is 6.07 Å². The van der Waals surface area contributed by atoms with Gasteiger partial charge < -0.3 is 24.4 Å². The zero-order chi connectivity index (χ0) is 19.5. The van der Waals surface area contributed by atoms with E-state index >= 15 is 0 Å². The van der Waals surface area contributed by atoms with E-state index in [1.165, 1.54) is 12.1 Å². The molecule has 27 heavy (non-hydrogen) atoms. The van der Waals surface area contributed by atoms with E-state index in [1.54, 1.807) is 26.3 Å². The Morgan fingerprint density at radius 2 is 2.11 bits per heavy atom. The van der Waals surface area contributed by atoms with Crippen LogP contribution in [0.25, 0.3) is 0 Å². The minimum Gasteiger partial charge on any atom is -0.489 e. The van der Waals surface area contributed by atoms with Crippen molar-refractivity contribution in [1.29, 1.82) is 0 Å². The highest BCUT2D eigenvalue weighted by Crippen LogP contribution is 2.15. The number of nitrogens with one attached hydrogen (secondary N) is 1. The van der Waals surface area contributed by atoms with Crippen LogP contribution in [0.4, 0.5) is 4.39 Å². The van der Waals surface area contributed by atoms with Crippen LogP contribution in [0.15, 0.2) is 29.3 Å². The lowest BCUT2D eigenvalue weighted by Gasteiger charge is -2.34. The van der Waals surface area contributed by atoms with Crippen LogP contribution in [0.5, 0.6) is 5.75 Å². The van der Waals surface area contributed by atoms with Gasteiger partial charge in [0.2, 0.25) is 0 Å². The average Bonchev–Trinajstić information content (AvgIpc) is 2.67. The second kappa shape index (κ2) is 11.8. The summed E-state index contributed by atoms with van der Waals surface area (Å²) >= 11 is 0. The molecule has 1 unspecified atom stereocenters. The van der Waals surface area contributed by atoms with Crippen molar-refractivity contribution in [2.75, 3.05) is 47.0 Å². The molecule has 1 aromatic rings. The Hall–Kier alpha value is -1.86. The number of guanidine groups is 1. The first-order chi connectivity index (χ1) is 13.1. The maximum atomic E-state index is 13.2. The van der Waals surface area contributed by atoms with Crippen molar-refractivity contribution in [3.63, 3.8) is 0 Å². The lowest BCUT2D eigenvalue weighted by molar-refractivity contribution is 0.00984. The molecular weight excluding hydrogens is 349 g/mol. The largest absolute Gasteiger partial charge is 0.489 e. The third kappa shape index (κ3) is 7.72. The van der Waals surface area contributed by atoms with Crippen LogP contribution in [-0.4, -0.2) is 70.1 Å². The zero-order valence-corrected chi connectivity index (χ0v) is 16.6. The Balaban J connectivity index is 1.69. The number of hydrogen-bond donors (Lipinski definition) is 1. The van der Waals surface area contributed by atoms with E-state index in [1.807, 2.05) is 6.92 Å². The molecule has 6 nitrogen and oxygen atoms in total. The Morgan fingerprint density at radius 3 is 2.78 bits per heavy atom. The van der Waals surface area contributed by atoms with E-state index in [9.17, 15) is 4.39 Å². The Kier molecular flexibility index (Phi) is 9.35. The van der Waals surface area contributed by atoms with E-state index < -0.39 is 0 Å². The van der Waals surface area contributed by atoms with Crippen LogP contribution < -0.4 is 10.1 Å². The third-order valence-electron chi connectivity index (χ3n) is 4.48. The molecule has 1 fully saturated rings. The number of halogens is 1. The zero-order valence-electron chi connectivity index (χ0n) is 16.6. The fourth-order valence-electron chi connectivity index (χ4n) is 3.07. The molecule has 0 aliphatic carbocycles. The molecule has 1 aliphatic heterocycles. The van der Waals surface area contributed by atoms with Crippen molar-refractivity contribution in [2.24, 2.45) is 4.99 Å². The first-order valence-electron chi connectivity index (χ1n) is 9.60. The number of aliphatic imine (C=N–C) groups is 1. The van der Waals surface area contributed by atoms with Gasteiger partial charge in [0.1, 0.15) is 17.7 Å². The molecule has 0 radical (unpaired) electrons. The number of hydrogen-bond acceptors (Lipinski definition) is 4. The topological polar surface area (TPSA) is 55.3 Å². The van der Waals surface area contributed by atoms with E-state index in [2.05, 4.69) is 15.2 Å². The van der Waals surface area contributed by atoms with E-state index in [4.69, 9.17) is 14.2 Å². The van der Waals surface area contributed by atoms with Gasteiger partial charge in [-0.05, 0) is 38.3 Å². The minimum atomic E-state index is -0.296. The Morgan fingerprint density at radius 1 is 1.33 bits per heavy atom. The molecular formula is C20H32FN3O3. The van der Waals surface area contributed by atoms with Crippen LogP contribution in [0.3, 0.4) is 0 Å². The van der Waals surface area contributed by atoms with E-state index in [0.717, 1.165) is 51.5 Å². The molecule has 1 aromatic carbocycles. The monoisotopic (exact) mass is 381 g/mol. The molecule has 0 saturated carbocycles. The third-order valence-corrected chi connectivity index (χ3v) is 4.48. The summed E-state index contributed by atoms with van der Waals surface area (Å²) in [4.78, 5) is 6.61. The standard InChI is InChI=1S/C20H32FN3O3/c1-16(27-19-7-4-6-17(21)14-19)15-23-20(22-2)24-10-8-18(9-11-24)26-13-5-12-25-3/h4,6-7,14,16,18H,5,8-13,15H2,1-3H3,(H,22,23). The molecule has 152 valence electrons. The summed E-state index contributed by atoms with van der Waals surface area (Å²) in [7, 11) is 3.49. The predicted molar refractivity (Wildman–Crippen MR) is 105 cm³/mol. The lowest BCUT2D eigenvalue weighted by Crippen LogP contribution is -2.48. The van der Waals surface area contributed by atoms with Crippen molar-refractivity contribution < 1.29 is 18.6 Å². The fourth-order valence-corrected chi connectivity index (χ4v) is 3.07. The van der Waals surface area contributed by atoms with Gasteiger partial charge in [0.25, 0.3) is 0 Å². The molecule has 1 aliphatic rings. The smallest absolute Gasteiger partial charge is 0.193 e. The van der Waals surface area contributed by atoms with Crippen LogP contribution in [0.2, 0.25) is 0 Å². The number of rotatable bonds is 9. The second-order valence-electron chi connectivity index (χ2n) is 6.72. The summed E-state index contributed by atoms with van der Waals surface area (Å²) < 4.78 is 29.9. The van der Waals surface area contributed by atoms with Gasteiger partial charge in [-0.15, -0.1) is 0 Å². The van der Waals surface area contributed by atoms with Crippen LogP contribution in [0.1, 0.15) is 26.2 Å². The molecule has 7 heteroatoms. The summed E-state index contributed by atoms with van der Waals surface area (Å²) in [5, 5.41) is 3.35. The van der Waals surface area contributed by atoms with Gasteiger partial charge in [0, 0.05) is 46.5 Å². The van der Waals surface area contributed by atoms with Crippen LogP contribution in [0, 0.1) is 5.82 Å². The second-order valence-corrected chi connectivity index (χ2v) is 6.72. The molecule has 1 atom stereocenters. The highest BCUT2D eigenvalue weighted by atomic mass is 19.1. The van der Waals surface area contributed by atoms with Gasteiger partial charge in [0.05, 0.1) is 12.6 Å². The maximum absolute atomic E-state index is 13.2. The van der Waals surface area contributed by atoms with Gasteiger partial charge in [-0.25, -0.2) is 4.39 Å². The molecule has 0 amide bonds. The summed E-state index contributed by atoms with van der Waals surface area (Å²) in [5.74, 6) is 1.10. The van der Waals surface area contributed by atoms with Crippen molar-refractivity contribution >= 4 is 5.96 Å². The number of nitrogens with zero attached hydrogens (tertiary/aromatic N) is 2. The normalized spacial score (nSPS) is 17.0. The fraction of sp³-hybridized carbons (Fsp3) is 0.650. The summed E-state index contributed by atoms with van der Waals surface area (Å²) in [6.07, 6.45) is 3.12. The number of methoxy groups -OCH3 is 1. The number of benzene rings is 1. The SMILES string of the molecule is CN=C(NCC(C)Oc1cccc(F)c1)N1CCC(OCCCOC)CC1. The van der Waals surface area contributed by atoms with Crippen LogP contribution >= 0.6 is 0 Å². The predicted octanol–water partition coefficient (Wildman–Crippen LogP) is 2.69. The van der Waals surface area contributed by atoms with Gasteiger partial charge in [-0.2, -0.15) is 0 Å². The summed E-state index contributed by atoms with van der Waals surface area (Å²) in [6, 6.07) is 6.20. The Bertz CT molecular complexity index is 577. The van der Waals surface area contributed by atoms with Crippen molar-refractivity contribution in [3.8, 4) is 5.75 Å². The van der Waals surface area contributed by atoms with Gasteiger partial charge in [-0.3, -0.25) is 4.99 Å². The molecule has 0 bridgehead atoms. The highest BCUT2D eigenvalue weighted by molar-refractivity contribution is 5.80. The first-order valence-corrected chi connectivity index (χ1v) is 9.60. The quantitative estimate of drug-likeness (QED) is 0.405. The molecule has 1 saturated heterocycles. The maximum Gasteiger partial charge on any atom is 0.193 e. The summed E-state index contributed by atoms with van der Waals surface area (Å²) in [5.41, 5.74) is 0. The van der Waals surface area contributed by atoms with Gasteiger partial charge in [0.15, 0.2) is 5.96 Å². The van der Waals surface area contributed by atoms with Crippen molar-refractivity contribution in [3.05, 3.63) is 30.1 Å². The number of likely N-dealkylation sites (tertiary alicyclic amines) is 1.